The highest BCUT2D eigenvalue weighted by Crippen LogP contribution is 2.55. The molecular formula is C100H62N10. The summed E-state index contributed by atoms with van der Waals surface area (Å²) < 4.78 is 4.94. The fourth-order valence-corrected chi connectivity index (χ4v) is 17.9. The third-order valence-electron chi connectivity index (χ3n) is 22.4. The van der Waals surface area contributed by atoms with Crippen LogP contribution in [0.15, 0.2) is 376 Å². The van der Waals surface area contributed by atoms with Crippen molar-refractivity contribution in [2.75, 3.05) is 19.6 Å². The third-order valence-corrected chi connectivity index (χ3v) is 22.4. The Morgan fingerprint density at radius 2 is 0.455 bits per heavy atom. The SMILES string of the molecule is c1ccc(-c2ccc3c4nc5c(nc4c4ccc(-c6ccccc6)c2c34)c2c3cc(N(c4ccccc4)c4ccccc4)cc4c6cc(N(c7ccccc7)c7ccccc7)cnc6n(c43)c2c2c5c3cc(N(c4ccccc4)c4ccccc4)cc4c5cc(N(c6ccccc6)c6ccccc6)cnc5n2c43)cc1. The van der Waals surface area contributed by atoms with E-state index in [2.05, 4.69) is 405 Å². The number of anilines is 12. The number of benzene rings is 15. The van der Waals surface area contributed by atoms with Crippen LogP contribution in [0.25, 0.3) is 142 Å². The fraction of sp³-hybridized carbons (Fsp3) is 0. The topological polar surface area (TPSA) is 73.3 Å². The van der Waals surface area contributed by atoms with Crippen molar-refractivity contribution in [3.63, 3.8) is 0 Å². The van der Waals surface area contributed by atoms with Crippen LogP contribution in [0.1, 0.15) is 0 Å². The monoisotopic (exact) mass is 1400 g/mol. The molecule has 0 radical (unpaired) electrons. The van der Waals surface area contributed by atoms with Crippen molar-refractivity contribution in [3.05, 3.63) is 376 Å². The maximum Gasteiger partial charge on any atom is 0.145 e. The molecule has 0 aliphatic heterocycles. The minimum absolute atomic E-state index is 0.791. The summed E-state index contributed by atoms with van der Waals surface area (Å²) in [6, 6.07) is 131. The van der Waals surface area contributed by atoms with E-state index in [1.807, 2.05) is 0 Å². The van der Waals surface area contributed by atoms with Crippen molar-refractivity contribution in [1.82, 2.24) is 28.7 Å². The molecule has 7 aromatic heterocycles. The van der Waals surface area contributed by atoms with E-state index in [-0.39, 0.29) is 0 Å². The largest absolute Gasteiger partial charge is 0.310 e. The van der Waals surface area contributed by atoms with Crippen molar-refractivity contribution in [1.29, 1.82) is 0 Å². The fourth-order valence-electron chi connectivity index (χ4n) is 17.9. The maximum absolute atomic E-state index is 6.33. The molecule has 0 aliphatic carbocycles. The first-order valence-electron chi connectivity index (χ1n) is 37.4. The predicted octanol–water partition coefficient (Wildman–Crippen LogP) is 26.8. The summed E-state index contributed by atoms with van der Waals surface area (Å²) in [6.07, 6.45) is 4.12. The Balaban J connectivity index is 0.939. The zero-order valence-corrected chi connectivity index (χ0v) is 59.3. The number of pyridine rings is 2. The van der Waals surface area contributed by atoms with Crippen molar-refractivity contribution in [2.24, 2.45) is 0 Å². The minimum Gasteiger partial charge on any atom is -0.310 e. The molecule has 0 bridgehead atoms. The van der Waals surface area contributed by atoms with E-state index in [9.17, 15) is 0 Å². The van der Waals surface area contributed by atoms with Crippen LogP contribution in [0.3, 0.4) is 0 Å². The van der Waals surface area contributed by atoms with Gasteiger partial charge in [0.05, 0.1) is 56.9 Å². The predicted molar refractivity (Wildman–Crippen MR) is 458 cm³/mol. The molecule has 512 valence electrons. The van der Waals surface area contributed by atoms with Crippen LogP contribution < -0.4 is 19.6 Å². The number of nitrogens with zero attached hydrogens (tertiary/aromatic N) is 10. The molecular weight excluding hydrogens is 1340 g/mol. The van der Waals surface area contributed by atoms with E-state index in [1.54, 1.807) is 0 Å². The van der Waals surface area contributed by atoms with Gasteiger partial charge in [0.25, 0.3) is 0 Å². The van der Waals surface area contributed by atoms with Gasteiger partial charge in [-0.05, 0) is 161 Å². The molecule has 0 N–H and O–H groups in total. The molecule has 0 atom stereocenters. The number of hydrogen-bond acceptors (Lipinski definition) is 8. The van der Waals surface area contributed by atoms with Gasteiger partial charge in [0.15, 0.2) is 0 Å². The van der Waals surface area contributed by atoms with E-state index in [0.29, 0.717) is 0 Å². The highest BCUT2D eigenvalue weighted by Gasteiger charge is 2.34. The van der Waals surface area contributed by atoms with Gasteiger partial charge in [-0.15, -0.1) is 0 Å². The number of aromatic nitrogens is 6. The van der Waals surface area contributed by atoms with Crippen LogP contribution in [0.5, 0.6) is 0 Å². The summed E-state index contributed by atoms with van der Waals surface area (Å²) in [7, 11) is 0. The number of fused-ring (bicyclic) bond motifs is 19. The smallest absolute Gasteiger partial charge is 0.145 e. The molecule has 0 saturated carbocycles. The van der Waals surface area contributed by atoms with Crippen LogP contribution in [0, 0.1) is 0 Å². The molecule has 10 nitrogen and oxygen atoms in total. The van der Waals surface area contributed by atoms with E-state index in [1.165, 1.54) is 5.39 Å². The molecule has 110 heavy (non-hydrogen) atoms. The van der Waals surface area contributed by atoms with Crippen LogP contribution in [-0.4, -0.2) is 28.7 Å². The van der Waals surface area contributed by atoms with Crippen LogP contribution in [-0.2, 0) is 0 Å². The highest BCUT2D eigenvalue weighted by atomic mass is 15.2. The van der Waals surface area contributed by atoms with Crippen LogP contribution >= 0.6 is 0 Å². The summed E-state index contributed by atoms with van der Waals surface area (Å²) >= 11 is 0. The second kappa shape index (κ2) is 24.3. The summed E-state index contributed by atoms with van der Waals surface area (Å²) in [5.74, 6) is 0. The molecule has 0 aliphatic rings. The van der Waals surface area contributed by atoms with Gasteiger partial charge in [0.2, 0.25) is 0 Å². The average molecular weight is 1400 g/mol. The van der Waals surface area contributed by atoms with Gasteiger partial charge in [-0.25, -0.2) is 19.9 Å². The molecule has 0 spiro atoms. The average Bonchev–Trinajstić information content (AvgIpc) is 1.49. The van der Waals surface area contributed by atoms with E-state index >= 15 is 0 Å². The summed E-state index contributed by atoms with van der Waals surface area (Å²) in [6.45, 7) is 0. The van der Waals surface area contributed by atoms with Gasteiger partial charge in [-0.1, -0.05) is 231 Å². The molecule has 10 heteroatoms. The second-order valence-electron chi connectivity index (χ2n) is 28.5. The van der Waals surface area contributed by atoms with E-state index < -0.39 is 0 Å². The Bertz CT molecular complexity index is 6880. The Kier molecular flexibility index (Phi) is 13.5. The Morgan fingerprint density at radius 1 is 0.191 bits per heavy atom. The second-order valence-corrected chi connectivity index (χ2v) is 28.5. The highest BCUT2D eigenvalue weighted by molar-refractivity contribution is 6.42. The first-order chi connectivity index (χ1) is 54.6. The Labute approximate surface area is 631 Å². The lowest BCUT2D eigenvalue weighted by Crippen LogP contribution is -2.10. The zero-order chi connectivity index (χ0) is 72.1. The third kappa shape index (κ3) is 9.17. The van der Waals surface area contributed by atoms with E-state index in [0.717, 1.165) is 205 Å². The van der Waals surface area contributed by atoms with Gasteiger partial charge >= 0.3 is 0 Å². The molecule has 7 heterocycles. The summed E-state index contributed by atoms with van der Waals surface area (Å²) in [5, 5.41) is 12.4. The van der Waals surface area contributed by atoms with E-state index in [4.69, 9.17) is 19.9 Å². The molecule has 23 rings (SSSR count). The number of rotatable bonds is 14. The lowest BCUT2D eigenvalue weighted by molar-refractivity contribution is 1.21. The van der Waals surface area contributed by atoms with Gasteiger partial charge in [0, 0.05) is 116 Å². The van der Waals surface area contributed by atoms with Crippen molar-refractivity contribution >= 4 is 188 Å². The molecule has 0 saturated heterocycles. The molecule has 0 unspecified atom stereocenters. The number of para-hydroxylation sites is 8. The standard InChI is InChI=1S/C100H62N10/c1-11-31-63(32-12-1)77-51-53-79-88-80(54-52-78(87(77)88)64-33-13-2-14-34-64)92-91(79)103-93-89-85-57-73(105(65-35-15-3-16-36-65)66-37-17-4-18-38-66)55-81-83-59-75(107(69-43-23-7-24-44-69)70-45-25-8-26-46-70)61-101-99(83)109(95(81)85)97(89)98-90(94(93)104-92)86-58-74(106(67-39-19-5-20-40-67)68-41-21-6-22-42-68)56-82-84-60-76(62-102-100(84)110(98)96(82)86)108(71-47-27-9-28-48-71)72-49-29-10-30-50-72/h1-62H. The molecule has 0 fully saturated rings. The minimum atomic E-state index is 0.791. The van der Waals surface area contributed by atoms with Crippen molar-refractivity contribution in [2.45, 2.75) is 0 Å². The van der Waals surface area contributed by atoms with Gasteiger partial charge in [-0.3, -0.25) is 8.80 Å². The Morgan fingerprint density at radius 3 is 0.755 bits per heavy atom. The normalized spacial score (nSPS) is 12.0. The first-order valence-corrected chi connectivity index (χ1v) is 37.4. The molecule has 23 aromatic rings. The number of hydrogen-bond donors (Lipinski definition) is 0. The van der Waals surface area contributed by atoms with Crippen LogP contribution in [0.4, 0.5) is 68.2 Å². The van der Waals surface area contributed by atoms with Gasteiger partial charge in [0.1, 0.15) is 22.3 Å². The summed E-state index contributed by atoms with van der Waals surface area (Å²) in [5.41, 5.74) is 25.4. The van der Waals surface area contributed by atoms with Crippen LogP contribution in [0.2, 0.25) is 0 Å². The lowest BCUT2D eigenvalue weighted by atomic mass is 9.90. The Hall–Kier alpha value is -15.0. The maximum atomic E-state index is 6.33. The lowest BCUT2D eigenvalue weighted by Gasteiger charge is -2.26. The first kappa shape index (κ1) is 61.3. The quantitative estimate of drug-likeness (QED) is 0.107. The molecule has 0 amide bonds. The zero-order valence-electron chi connectivity index (χ0n) is 59.3. The molecule has 16 aromatic carbocycles. The van der Waals surface area contributed by atoms with Crippen molar-refractivity contribution in [3.8, 4) is 22.3 Å². The summed E-state index contributed by atoms with van der Waals surface area (Å²) in [4.78, 5) is 33.8. The van der Waals surface area contributed by atoms with Gasteiger partial charge in [-0.2, -0.15) is 0 Å². The van der Waals surface area contributed by atoms with Gasteiger partial charge < -0.3 is 19.6 Å². The van der Waals surface area contributed by atoms with Crippen molar-refractivity contribution < 1.29 is 0 Å².